The predicted molar refractivity (Wildman–Crippen MR) is 136 cm³/mol. The number of aromatic hydroxyl groups is 1. The van der Waals surface area contributed by atoms with Crippen LogP contribution in [0.2, 0.25) is 0 Å². The average Bonchev–Trinajstić information content (AvgIpc) is 3.03. The van der Waals surface area contributed by atoms with Crippen LogP contribution >= 0.6 is 0 Å². The van der Waals surface area contributed by atoms with Gasteiger partial charge in [-0.1, -0.05) is 77.9 Å². The maximum Gasteiger partial charge on any atom is 0.327 e. The number of allylic oxidation sites excluding steroid dienone is 1. The van der Waals surface area contributed by atoms with E-state index < -0.39 is 28.0 Å². The highest BCUT2D eigenvalue weighted by atomic mass is 16.3. The van der Waals surface area contributed by atoms with Gasteiger partial charge >= 0.3 is 5.69 Å². The number of benzene rings is 2. The molecule has 0 saturated carbocycles. The third-order valence-electron chi connectivity index (χ3n) is 6.84. The van der Waals surface area contributed by atoms with Crippen LogP contribution in [0.1, 0.15) is 85.6 Å². The monoisotopic (exact) mass is 471 g/mol. The number of phenolic OH excluding ortho intramolecular Hbond substituents is 1. The quantitative estimate of drug-likeness (QED) is 0.416. The van der Waals surface area contributed by atoms with Crippen LogP contribution in [-0.2, 0) is 10.8 Å². The van der Waals surface area contributed by atoms with Gasteiger partial charge < -0.3 is 10.4 Å². The van der Waals surface area contributed by atoms with Gasteiger partial charge in [0.2, 0.25) is 0 Å². The molecule has 3 aromatic rings. The minimum absolute atomic E-state index is 0.160. The number of anilines is 1. The van der Waals surface area contributed by atoms with Gasteiger partial charge in [-0.15, -0.1) is 0 Å². The number of Topliss-reactive ketones (excluding diaryl/α,β-unsaturated/α-hetero) is 1. The first-order valence-corrected chi connectivity index (χ1v) is 11.7. The Morgan fingerprint density at radius 2 is 1.40 bits per heavy atom. The van der Waals surface area contributed by atoms with Crippen LogP contribution in [0.4, 0.5) is 5.82 Å². The lowest BCUT2D eigenvalue weighted by Gasteiger charge is -2.32. The van der Waals surface area contributed by atoms with Crippen LogP contribution in [0.3, 0.4) is 0 Å². The highest BCUT2D eigenvalue weighted by Crippen LogP contribution is 2.50. The zero-order chi connectivity index (χ0) is 25.4. The molecule has 0 radical (unpaired) electrons. The van der Waals surface area contributed by atoms with Crippen LogP contribution in [0.25, 0.3) is 5.70 Å². The first-order valence-electron chi connectivity index (χ1n) is 11.7. The Labute approximate surface area is 202 Å². The fraction of sp³-hybridized carbons (Fsp3) is 0.321. The summed E-state index contributed by atoms with van der Waals surface area (Å²) in [4.78, 5) is 44.1. The molecule has 7 heteroatoms. The van der Waals surface area contributed by atoms with Crippen LogP contribution in [0.15, 0.2) is 51.6 Å². The molecule has 1 aliphatic carbocycles. The van der Waals surface area contributed by atoms with Gasteiger partial charge in [0.25, 0.3) is 5.56 Å². The van der Waals surface area contributed by atoms with Gasteiger partial charge in [0, 0.05) is 22.6 Å². The van der Waals surface area contributed by atoms with E-state index in [1.807, 2.05) is 71.9 Å². The van der Waals surface area contributed by atoms with Crippen molar-refractivity contribution in [3.05, 3.63) is 96.2 Å². The molecule has 2 aromatic carbocycles. The zero-order valence-corrected chi connectivity index (χ0v) is 20.7. The van der Waals surface area contributed by atoms with Gasteiger partial charge in [-0.2, -0.15) is 0 Å². The molecule has 1 aromatic heterocycles. The number of carbonyl (C=O) groups is 1. The molecule has 0 unspecified atom stereocenters. The van der Waals surface area contributed by atoms with Crippen molar-refractivity contribution in [3.8, 4) is 5.75 Å². The molecule has 1 aliphatic heterocycles. The molecule has 1 atom stereocenters. The number of fused-ring (bicyclic) bond motifs is 3. The Morgan fingerprint density at radius 1 is 0.829 bits per heavy atom. The highest BCUT2D eigenvalue weighted by molar-refractivity contribution is 6.23. The maximum absolute atomic E-state index is 13.7. The molecule has 0 fully saturated rings. The van der Waals surface area contributed by atoms with Crippen molar-refractivity contribution >= 4 is 17.3 Å². The number of hydrogen-bond donors (Lipinski definition) is 4. The number of nitrogens with one attached hydrogen (secondary N) is 3. The standard InChI is InChI=1S/C28H29N3O4/c1-27(2,3)16-11-13(12-17(23(16)33)28(4,5)6)18-19-21(14-9-7-8-10-15(14)22(19)32)29-24-20(18)25(34)31-26(35)30-24/h7-12,18,33H,1-6H3,(H3,29,30,31,34,35)/t18-/m1/s1. The van der Waals surface area contributed by atoms with Crippen LogP contribution < -0.4 is 16.6 Å². The zero-order valence-electron chi connectivity index (χ0n) is 20.7. The third-order valence-corrected chi connectivity index (χ3v) is 6.84. The van der Waals surface area contributed by atoms with Gasteiger partial charge in [0.1, 0.15) is 11.6 Å². The van der Waals surface area contributed by atoms with E-state index in [-0.39, 0.29) is 22.9 Å². The third kappa shape index (κ3) is 3.45. The first kappa shape index (κ1) is 22.9. The minimum Gasteiger partial charge on any atom is -0.507 e. The van der Waals surface area contributed by atoms with Gasteiger partial charge in [0.15, 0.2) is 5.78 Å². The number of carbonyl (C=O) groups excluding carboxylic acids is 1. The highest BCUT2D eigenvalue weighted by Gasteiger charge is 2.42. The lowest BCUT2D eigenvalue weighted by Crippen LogP contribution is -2.33. The Balaban J connectivity index is 1.89. The molecule has 7 nitrogen and oxygen atoms in total. The Bertz CT molecular complexity index is 1520. The topological polar surface area (TPSA) is 115 Å². The van der Waals surface area contributed by atoms with Crippen LogP contribution in [-0.4, -0.2) is 20.9 Å². The second-order valence-corrected chi connectivity index (χ2v) is 11.4. The first-order chi connectivity index (χ1) is 16.3. The fourth-order valence-electron chi connectivity index (χ4n) is 5.15. The number of ketones is 1. The average molecular weight is 472 g/mol. The molecule has 2 heterocycles. The van der Waals surface area contributed by atoms with E-state index in [1.165, 1.54) is 0 Å². The summed E-state index contributed by atoms with van der Waals surface area (Å²) < 4.78 is 0. The molecule has 2 aliphatic rings. The molecule has 180 valence electrons. The van der Waals surface area contributed by atoms with Crippen molar-refractivity contribution in [2.45, 2.75) is 58.3 Å². The van der Waals surface area contributed by atoms with Crippen LogP contribution in [0, 0.1) is 0 Å². The lowest BCUT2D eigenvalue weighted by molar-refractivity contribution is 0.103. The minimum atomic E-state index is -0.732. The van der Waals surface area contributed by atoms with Crippen LogP contribution in [0.5, 0.6) is 5.75 Å². The maximum atomic E-state index is 13.7. The number of H-pyrrole nitrogens is 2. The largest absolute Gasteiger partial charge is 0.507 e. The molecule has 0 amide bonds. The van der Waals surface area contributed by atoms with Gasteiger partial charge in [-0.25, -0.2) is 4.79 Å². The van der Waals surface area contributed by atoms with Crippen molar-refractivity contribution in [1.82, 2.24) is 9.97 Å². The van der Waals surface area contributed by atoms with Crippen molar-refractivity contribution in [2.24, 2.45) is 0 Å². The molecule has 5 rings (SSSR count). The SMILES string of the molecule is CC(C)(C)c1cc([C@@H]2C3=C(Nc4[nH]c(=O)[nH]c(=O)c42)c2ccccc2C3=O)cc(C(C)(C)C)c1O. The van der Waals surface area contributed by atoms with Gasteiger partial charge in [0.05, 0.1) is 11.3 Å². The second-order valence-electron chi connectivity index (χ2n) is 11.4. The summed E-state index contributed by atoms with van der Waals surface area (Å²) in [5.74, 6) is -0.403. The molecule has 4 N–H and O–H groups in total. The van der Waals surface area contributed by atoms with E-state index in [2.05, 4.69) is 15.3 Å². The number of rotatable bonds is 1. The lowest BCUT2D eigenvalue weighted by atomic mass is 9.74. The van der Waals surface area contributed by atoms with E-state index in [4.69, 9.17) is 0 Å². The smallest absolute Gasteiger partial charge is 0.327 e. The predicted octanol–water partition coefficient (Wildman–Crippen LogP) is 4.53. The fourth-order valence-corrected chi connectivity index (χ4v) is 5.15. The molecular formula is C28H29N3O4. The number of phenols is 1. The number of hydrogen-bond acceptors (Lipinski definition) is 5. The van der Waals surface area contributed by atoms with E-state index in [0.29, 0.717) is 22.4 Å². The normalized spacial score (nSPS) is 17.1. The van der Waals surface area contributed by atoms with Crippen molar-refractivity contribution < 1.29 is 9.90 Å². The molecule has 0 spiro atoms. The summed E-state index contributed by atoms with van der Waals surface area (Å²) in [7, 11) is 0. The van der Waals surface area contributed by atoms with Crippen molar-refractivity contribution in [3.63, 3.8) is 0 Å². The number of aromatic amines is 2. The Morgan fingerprint density at radius 3 is 1.97 bits per heavy atom. The Hall–Kier alpha value is -3.87. The van der Waals surface area contributed by atoms with E-state index in [0.717, 1.165) is 16.7 Å². The van der Waals surface area contributed by atoms with Gasteiger partial charge in [-0.3, -0.25) is 19.6 Å². The molecular weight excluding hydrogens is 442 g/mol. The summed E-state index contributed by atoms with van der Waals surface area (Å²) in [6.07, 6.45) is 0. The molecule has 35 heavy (non-hydrogen) atoms. The molecule has 0 saturated heterocycles. The summed E-state index contributed by atoms with van der Waals surface area (Å²) >= 11 is 0. The summed E-state index contributed by atoms with van der Waals surface area (Å²) in [5, 5.41) is 14.4. The summed E-state index contributed by atoms with van der Waals surface area (Å²) in [5.41, 5.74) is 2.80. The van der Waals surface area contributed by atoms with E-state index in [1.54, 1.807) is 6.07 Å². The summed E-state index contributed by atoms with van der Waals surface area (Å²) in [6.45, 7) is 12.1. The van der Waals surface area contributed by atoms with Crippen molar-refractivity contribution in [1.29, 1.82) is 0 Å². The molecule has 0 bridgehead atoms. The number of aromatic nitrogens is 2. The van der Waals surface area contributed by atoms with E-state index in [9.17, 15) is 19.5 Å². The van der Waals surface area contributed by atoms with E-state index >= 15 is 0 Å². The van der Waals surface area contributed by atoms with Gasteiger partial charge in [-0.05, 0) is 27.5 Å². The van der Waals surface area contributed by atoms with Crippen molar-refractivity contribution in [2.75, 3.05) is 5.32 Å². The summed E-state index contributed by atoms with van der Waals surface area (Å²) in [6, 6.07) is 11.1. The Kier molecular flexibility index (Phi) is 4.78. The second kappa shape index (κ2) is 7.31.